The Morgan fingerprint density at radius 2 is 1.80 bits per heavy atom. The van der Waals surface area contributed by atoms with Gasteiger partial charge in [0.2, 0.25) is 0 Å². The molecular formula is C16H15N3O5S. The van der Waals surface area contributed by atoms with Crippen molar-refractivity contribution in [2.45, 2.75) is 13.0 Å². The summed E-state index contributed by atoms with van der Waals surface area (Å²) in [4.78, 5) is 46.5. The van der Waals surface area contributed by atoms with Gasteiger partial charge in [-0.3, -0.25) is 14.9 Å². The summed E-state index contributed by atoms with van der Waals surface area (Å²) in [6, 6.07) is 8.42. The summed E-state index contributed by atoms with van der Waals surface area (Å²) < 4.78 is 4.93. The molecule has 0 aliphatic rings. The van der Waals surface area contributed by atoms with E-state index in [0.717, 1.165) is 0 Å². The Balaban J connectivity index is 1.94. The minimum atomic E-state index is -1.18. The summed E-state index contributed by atoms with van der Waals surface area (Å²) in [6.45, 7) is 1.31. The highest BCUT2D eigenvalue weighted by Gasteiger charge is 2.20. The molecule has 0 aliphatic carbocycles. The van der Waals surface area contributed by atoms with Gasteiger partial charge in [0.05, 0.1) is 10.4 Å². The van der Waals surface area contributed by atoms with Gasteiger partial charge in [-0.25, -0.2) is 9.59 Å². The number of imide groups is 1. The molecule has 130 valence electrons. The lowest BCUT2D eigenvalue weighted by molar-refractivity contribution is -0.127. The molecule has 0 saturated heterocycles. The molecule has 0 bridgehead atoms. The third kappa shape index (κ3) is 5.15. The lowest BCUT2D eigenvalue weighted by Gasteiger charge is -2.12. The molecule has 8 nitrogen and oxygen atoms in total. The molecular weight excluding hydrogens is 346 g/mol. The zero-order chi connectivity index (χ0) is 18.4. The van der Waals surface area contributed by atoms with Crippen molar-refractivity contribution in [1.82, 2.24) is 5.32 Å². The highest BCUT2D eigenvalue weighted by molar-refractivity contribution is 7.12. The number of carbonyl (C=O) groups is 4. The molecule has 1 aromatic carbocycles. The van der Waals surface area contributed by atoms with Gasteiger partial charge in [0, 0.05) is 5.69 Å². The fourth-order valence-corrected chi connectivity index (χ4v) is 2.41. The quantitative estimate of drug-likeness (QED) is 0.699. The number of thiophene rings is 1. The largest absolute Gasteiger partial charge is 0.449 e. The van der Waals surface area contributed by atoms with Crippen molar-refractivity contribution in [1.29, 1.82) is 0 Å². The number of benzene rings is 1. The van der Waals surface area contributed by atoms with Gasteiger partial charge < -0.3 is 15.8 Å². The van der Waals surface area contributed by atoms with Gasteiger partial charge in [-0.1, -0.05) is 6.07 Å². The van der Waals surface area contributed by atoms with Crippen LogP contribution in [0, 0.1) is 0 Å². The van der Waals surface area contributed by atoms with Crippen molar-refractivity contribution in [2.75, 3.05) is 5.32 Å². The summed E-state index contributed by atoms with van der Waals surface area (Å²) in [5, 5.41) is 6.31. The summed E-state index contributed by atoms with van der Waals surface area (Å²) in [6.07, 6.45) is -1.18. The maximum Gasteiger partial charge on any atom is 0.338 e. The van der Waals surface area contributed by atoms with E-state index >= 15 is 0 Å². The van der Waals surface area contributed by atoms with Gasteiger partial charge >= 0.3 is 12.0 Å². The molecule has 4 amide bonds. The highest BCUT2D eigenvalue weighted by Crippen LogP contribution is 2.15. The predicted molar refractivity (Wildman–Crippen MR) is 91.3 cm³/mol. The zero-order valence-electron chi connectivity index (χ0n) is 13.1. The molecule has 1 aromatic heterocycles. The van der Waals surface area contributed by atoms with E-state index in [-0.39, 0.29) is 11.5 Å². The van der Waals surface area contributed by atoms with Gasteiger partial charge in [-0.15, -0.1) is 11.3 Å². The molecule has 9 heteroatoms. The van der Waals surface area contributed by atoms with E-state index < -0.39 is 24.0 Å². The molecule has 0 radical (unpaired) electrons. The number of ether oxygens (including phenoxy) is 1. The molecule has 0 fully saturated rings. The highest BCUT2D eigenvalue weighted by atomic mass is 32.1. The van der Waals surface area contributed by atoms with Crippen LogP contribution in [0.2, 0.25) is 0 Å². The minimum absolute atomic E-state index is 0.188. The van der Waals surface area contributed by atoms with E-state index in [1.54, 1.807) is 17.5 Å². The Labute approximate surface area is 147 Å². The minimum Gasteiger partial charge on any atom is -0.449 e. The molecule has 0 saturated carbocycles. The Morgan fingerprint density at radius 1 is 1.12 bits per heavy atom. The number of anilines is 1. The van der Waals surface area contributed by atoms with E-state index in [4.69, 9.17) is 10.5 Å². The van der Waals surface area contributed by atoms with Crippen molar-refractivity contribution in [2.24, 2.45) is 5.73 Å². The zero-order valence-corrected chi connectivity index (χ0v) is 14.0. The standard InChI is InChI=1S/C16H15N3O5S/c1-9(13(20)19-16(17)23)24-15(22)10-4-6-11(7-5-10)18-14(21)12-3-2-8-25-12/h2-9H,1H3,(H,18,21)(H3,17,19,20,23)/t9-/m1/s1. The van der Waals surface area contributed by atoms with Crippen LogP contribution in [0.5, 0.6) is 0 Å². The van der Waals surface area contributed by atoms with Crippen LogP contribution in [0.1, 0.15) is 27.0 Å². The van der Waals surface area contributed by atoms with Crippen LogP contribution in [0.4, 0.5) is 10.5 Å². The molecule has 2 rings (SSSR count). The first kappa shape index (κ1) is 18.1. The van der Waals surface area contributed by atoms with Crippen molar-refractivity contribution in [3.63, 3.8) is 0 Å². The SMILES string of the molecule is C[C@@H](OC(=O)c1ccc(NC(=O)c2cccs2)cc1)C(=O)NC(N)=O. The van der Waals surface area contributed by atoms with Crippen molar-refractivity contribution < 1.29 is 23.9 Å². The number of urea groups is 1. The first-order valence-corrected chi connectivity index (χ1v) is 8.01. The van der Waals surface area contributed by atoms with E-state index in [1.807, 2.05) is 5.32 Å². The second-order valence-corrected chi connectivity index (χ2v) is 5.86. The summed E-state index contributed by atoms with van der Waals surface area (Å²) in [5.74, 6) is -1.81. The average Bonchev–Trinajstić information content (AvgIpc) is 3.09. The van der Waals surface area contributed by atoms with Crippen LogP contribution in [0.25, 0.3) is 0 Å². The molecule has 0 aliphatic heterocycles. The Kier molecular flexibility index (Phi) is 5.85. The normalized spacial score (nSPS) is 11.2. The maximum absolute atomic E-state index is 12.0. The summed E-state index contributed by atoms with van der Waals surface area (Å²) >= 11 is 1.32. The van der Waals surface area contributed by atoms with Crippen LogP contribution in [-0.4, -0.2) is 29.9 Å². The fraction of sp³-hybridized carbons (Fsp3) is 0.125. The van der Waals surface area contributed by atoms with Gasteiger partial charge in [0.15, 0.2) is 6.10 Å². The molecule has 2 aromatic rings. The van der Waals surface area contributed by atoms with Gasteiger partial charge in [0.25, 0.3) is 11.8 Å². The van der Waals surface area contributed by atoms with Crippen molar-refractivity contribution in [3.8, 4) is 0 Å². The third-order valence-corrected chi connectivity index (χ3v) is 3.89. The number of amides is 4. The van der Waals surface area contributed by atoms with Crippen molar-refractivity contribution in [3.05, 3.63) is 52.2 Å². The lowest BCUT2D eigenvalue weighted by Crippen LogP contribution is -2.42. The second kappa shape index (κ2) is 8.06. The number of nitrogens with one attached hydrogen (secondary N) is 2. The van der Waals surface area contributed by atoms with Gasteiger partial charge in [0.1, 0.15) is 0 Å². The molecule has 25 heavy (non-hydrogen) atoms. The molecule has 4 N–H and O–H groups in total. The maximum atomic E-state index is 12.0. The second-order valence-electron chi connectivity index (χ2n) is 4.91. The fourth-order valence-electron chi connectivity index (χ4n) is 1.80. The number of nitrogens with two attached hydrogens (primary N) is 1. The number of primary amides is 1. The van der Waals surface area contributed by atoms with Crippen LogP contribution >= 0.6 is 11.3 Å². The molecule has 0 unspecified atom stereocenters. The number of hydrogen-bond acceptors (Lipinski definition) is 6. The van der Waals surface area contributed by atoms with Gasteiger partial charge in [-0.2, -0.15) is 0 Å². The molecule has 1 heterocycles. The van der Waals surface area contributed by atoms with E-state index in [1.165, 1.54) is 42.5 Å². The Morgan fingerprint density at radius 3 is 2.36 bits per heavy atom. The molecule has 0 spiro atoms. The van der Waals surface area contributed by atoms with E-state index in [9.17, 15) is 19.2 Å². The number of esters is 1. The van der Waals surface area contributed by atoms with Crippen LogP contribution in [0.3, 0.4) is 0 Å². The monoisotopic (exact) mass is 361 g/mol. The number of hydrogen-bond donors (Lipinski definition) is 3. The average molecular weight is 361 g/mol. The predicted octanol–water partition coefficient (Wildman–Crippen LogP) is 1.74. The van der Waals surface area contributed by atoms with E-state index in [2.05, 4.69) is 5.32 Å². The number of rotatable bonds is 5. The Hall–Kier alpha value is -3.20. The van der Waals surface area contributed by atoms with Crippen molar-refractivity contribution >= 4 is 40.8 Å². The summed E-state index contributed by atoms with van der Waals surface area (Å²) in [7, 11) is 0. The third-order valence-electron chi connectivity index (χ3n) is 3.02. The first-order chi connectivity index (χ1) is 11.9. The summed E-state index contributed by atoms with van der Waals surface area (Å²) in [5.41, 5.74) is 5.52. The van der Waals surface area contributed by atoms with Crippen LogP contribution < -0.4 is 16.4 Å². The van der Waals surface area contributed by atoms with Gasteiger partial charge in [-0.05, 0) is 42.6 Å². The van der Waals surface area contributed by atoms with Crippen LogP contribution in [0.15, 0.2) is 41.8 Å². The smallest absolute Gasteiger partial charge is 0.338 e. The first-order valence-electron chi connectivity index (χ1n) is 7.13. The Bertz CT molecular complexity index is 787. The number of carbonyl (C=O) groups excluding carboxylic acids is 4. The van der Waals surface area contributed by atoms with Crippen LogP contribution in [-0.2, 0) is 9.53 Å². The molecule has 1 atom stereocenters. The topological polar surface area (TPSA) is 128 Å². The van der Waals surface area contributed by atoms with E-state index in [0.29, 0.717) is 10.6 Å². The lowest BCUT2D eigenvalue weighted by atomic mass is 10.2.